The van der Waals surface area contributed by atoms with Crippen LogP contribution in [0.15, 0.2) is 51.0 Å². The lowest BCUT2D eigenvalue weighted by atomic mass is 10.2. The second-order valence-corrected chi connectivity index (χ2v) is 8.82. The monoisotopic (exact) mass is 429 g/mol. The third-order valence-electron chi connectivity index (χ3n) is 4.81. The molecule has 0 unspecified atom stereocenters. The molecule has 0 aliphatic rings. The minimum atomic E-state index is -0.0197. The molecule has 0 radical (unpaired) electrons. The molecule has 1 amide bonds. The standard InChI is InChI=1S/C22H27N3O2S2/c1-3-4-5-8-12-25-21(27)18-9-6-7-10-19(18)23-22(25)29-16-20(26)24(2)14-17-11-13-28-15-17/h6-7,9-11,13,15H,3-5,8,12,14,16H2,1-2H3. The van der Waals surface area contributed by atoms with Crippen LogP contribution in [-0.4, -0.2) is 33.2 Å². The summed E-state index contributed by atoms with van der Waals surface area (Å²) in [5, 5.41) is 5.32. The van der Waals surface area contributed by atoms with E-state index in [-0.39, 0.29) is 17.2 Å². The zero-order valence-electron chi connectivity index (χ0n) is 17.0. The maximum atomic E-state index is 13.0. The lowest BCUT2D eigenvalue weighted by Crippen LogP contribution is -2.28. The van der Waals surface area contributed by atoms with Crippen molar-refractivity contribution in [1.29, 1.82) is 0 Å². The van der Waals surface area contributed by atoms with Gasteiger partial charge in [-0.2, -0.15) is 11.3 Å². The van der Waals surface area contributed by atoms with E-state index in [2.05, 4.69) is 12.3 Å². The summed E-state index contributed by atoms with van der Waals surface area (Å²) in [6.45, 7) is 3.40. The molecule has 0 aliphatic heterocycles. The zero-order chi connectivity index (χ0) is 20.6. The first kappa shape index (κ1) is 21.6. The summed E-state index contributed by atoms with van der Waals surface area (Å²) < 4.78 is 1.74. The van der Waals surface area contributed by atoms with Crippen LogP contribution in [-0.2, 0) is 17.9 Å². The van der Waals surface area contributed by atoms with Crippen molar-refractivity contribution < 1.29 is 4.79 Å². The van der Waals surface area contributed by atoms with Gasteiger partial charge in [0.05, 0.1) is 16.7 Å². The Morgan fingerprint density at radius 3 is 2.79 bits per heavy atom. The topological polar surface area (TPSA) is 55.2 Å². The van der Waals surface area contributed by atoms with E-state index in [0.717, 1.165) is 31.2 Å². The van der Waals surface area contributed by atoms with Gasteiger partial charge in [-0.25, -0.2) is 4.98 Å². The number of rotatable bonds is 10. The van der Waals surface area contributed by atoms with Crippen molar-refractivity contribution in [3.05, 3.63) is 57.0 Å². The maximum Gasteiger partial charge on any atom is 0.262 e. The van der Waals surface area contributed by atoms with Crippen LogP contribution in [0, 0.1) is 0 Å². The summed E-state index contributed by atoms with van der Waals surface area (Å²) in [5.74, 6) is 0.293. The van der Waals surface area contributed by atoms with Crippen LogP contribution in [0.25, 0.3) is 10.9 Å². The van der Waals surface area contributed by atoms with Crippen molar-refractivity contribution in [1.82, 2.24) is 14.5 Å². The van der Waals surface area contributed by atoms with Gasteiger partial charge in [0, 0.05) is 20.1 Å². The van der Waals surface area contributed by atoms with Gasteiger partial charge in [-0.3, -0.25) is 14.2 Å². The predicted octanol–water partition coefficient (Wildman–Crippen LogP) is 4.79. The van der Waals surface area contributed by atoms with E-state index in [1.807, 2.05) is 42.8 Å². The number of hydrogen-bond donors (Lipinski definition) is 0. The first-order valence-corrected chi connectivity index (χ1v) is 11.9. The third-order valence-corrected chi connectivity index (χ3v) is 6.51. The molecule has 2 heterocycles. The summed E-state index contributed by atoms with van der Waals surface area (Å²) in [7, 11) is 1.81. The summed E-state index contributed by atoms with van der Waals surface area (Å²) in [6.07, 6.45) is 4.33. The van der Waals surface area contributed by atoms with Gasteiger partial charge in [0.2, 0.25) is 5.91 Å². The van der Waals surface area contributed by atoms with E-state index in [1.54, 1.807) is 20.8 Å². The van der Waals surface area contributed by atoms with Gasteiger partial charge in [0.15, 0.2) is 5.16 Å². The molecule has 1 aromatic carbocycles. The van der Waals surface area contributed by atoms with E-state index < -0.39 is 0 Å². The molecule has 0 bridgehead atoms. The molecule has 3 aromatic rings. The Bertz CT molecular complexity index is 999. The van der Waals surface area contributed by atoms with Crippen molar-refractivity contribution in [2.75, 3.05) is 12.8 Å². The van der Waals surface area contributed by atoms with E-state index in [9.17, 15) is 9.59 Å². The average molecular weight is 430 g/mol. The summed E-state index contributed by atoms with van der Waals surface area (Å²) in [5.41, 5.74) is 1.80. The number of thioether (sulfide) groups is 1. The van der Waals surface area contributed by atoms with Crippen LogP contribution in [0.3, 0.4) is 0 Å². The summed E-state index contributed by atoms with van der Waals surface area (Å²) in [6, 6.07) is 9.45. The Kier molecular flexibility index (Phi) is 7.89. The first-order valence-electron chi connectivity index (χ1n) is 9.97. The normalized spacial score (nSPS) is 11.1. The van der Waals surface area contributed by atoms with E-state index in [0.29, 0.717) is 29.1 Å². The third kappa shape index (κ3) is 5.70. The molecule has 29 heavy (non-hydrogen) atoms. The Balaban J connectivity index is 1.75. The molecular formula is C22H27N3O2S2. The van der Waals surface area contributed by atoms with E-state index in [1.165, 1.54) is 11.8 Å². The Morgan fingerprint density at radius 2 is 2.03 bits per heavy atom. The molecular weight excluding hydrogens is 402 g/mol. The van der Waals surface area contributed by atoms with Gasteiger partial charge in [0.1, 0.15) is 0 Å². The summed E-state index contributed by atoms with van der Waals surface area (Å²) >= 11 is 2.98. The largest absolute Gasteiger partial charge is 0.341 e. The van der Waals surface area contributed by atoms with Gasteiger partial charge in [-0.1, -0.05) is 50.1 Å². The van der Waals surface area contributed by atoms with Crippen molar-refractivity contribution in [3.63, 3.8) is 0 Å². The van der Waals surface area contributed by atoms with Crippen LogP contribution in [0.4, 0.5) is 0 Å². The highest BCUT2D eigenvalue weighted by atomic mass is 32.2. The Morgan fingerprint density at radius 1 is 1.21 bits per heavy atom. The fourth-order valence-corrected chi connectivity index (χ4v) is 4.76. The highest BCUT2D eigenvalue weighted by molar-refractivity contribution is 7.99. The van der Waals surface area contributed by atoms with Crippen LogP contribution >= 0.6 is 23.1 Å². The zero-order valence-corrected chi connectivity index (χ0v) is 18.6. The molecule has 0 fully saturated rings. The molecule has 0 N–H and O–H groups in total. The second kappa shape index (κ2) is 10.6. The van der Waals surface area contributed by atoms with Gasteiger partial charge < -0.3 is 4.90 Å². The van der Waals surface area contributed by atoms with Crippen LogP contribution in [0.2, 0.25) is 0 Å². The van der Waals surface area contributed by atoms with Crippen LogP contribution in [0.5, 0.6) is 0 Å². The molecule has 0 saturated heterocycles. The number of benzene rings is 1. The minimum absolute atomic E-state index is 0.0197. The lowest BCUT2D eigenvalue weighted by Gasteiger charge is -2.17. The number of amides is 1. The van der Waals surface area contributed by atoms with Gasteiger partial charge >= 0.3 is 0 Å². The number of fused-ring (bicyclic) bond motifs is 1. The van der Waals surface area contributed by atoms with E-state index in [4.69, 9.17) is 4.98 Å². The number of aromatic nitrogens is 2. The lowest BCUT2D eigenvalue weighted by molar-refractivity contribution is -0.127. The van der Waals surface area contributed by atoms with Crippen molar-refractivity contribution in [2.45, 2.75) is 50.9 Å². The van der Waals surface area contributed by atoms with Crippen molar-refractivity contribution >= 4 is 39.9 Å². The maximum absolute atomic E-state index is 13.0. The highest BCUT2D eigenvalue weighted by Crippen LogP contribution is 2.19. The number of nitrogens with zero attached hydrogens (tertiary/aromatic N) is 3. The van der Waals surface area contributed by atoms with Gasteiger partial charge in [0.25, 0.3) is 5.56 Å². The van der Waals surface area contributed by atoms with Crippen LogP contribution < -0.4 is 5.56 Å². The van der Waals surface area contributed by atoms with Gasteiger partial charge in [-0.15, -0.1) is 0 Å². The molecule has 5 nitrogen and oxygen atoms in total. The van der Waals surface area contributed by atoms with Crippen molar-refractivity contribution in [3.8, 4) is 0 Å². The second-order valence-electron chi connectivity index (χ2n) is 7.10. The molecule has 0 atom stereocenters. The summed E-state index contributed by atoms with van der Waals surface area (Å²) in [4.78, 5) is 32.0. The number of carbonyl (C=O) groups excluding carboxylic acids is 1. The molecule has 7 heteroatoms. The quantitative estimate of drug-likeness (QED) is 0.264. The molecule has 2 aromatic heterocycles. The molecule has 0 saturated carbocycles. The minimum Gasteiger partial charge on any atom is -0.341 e. The molecule has 154 valence electrons. The van der Waals surface area contributed by atoms with E-state index >= 15 is 0 Å². The van der Waals surface area contributed by atoms with Crippen molar-refractivity contribution in [2.24, 2.45) is 0 Å². The fourth-order valence-electron chi connectivity index (χ4n) is 3.13. The average Bonchev–Trinajstić information content (AvgIpc) is 3.24. The Hall–Kier alpha value is -2.12. The smallest absolute Gasteiger partial charge is 0.262 e. The predicted molar refractivity (Wildman–Crippen MR) is 122 cm³/mol. The molecule has 0 spiro atoms. The Labute approximate surface area is 179 Å². The molecule has 0 aliphatic carbocycles. The number of hydrogen-bond acceptors (Lipinski definition) is 5. The van der Waals surface area contributed by atoms with Crippen LogP contribution in [0.1, 0.15) is 38.2 Å². The first-order chi connectivity index (χ1) is 14.1. The number of unbranched alkanes of at least 4 members (excludes halogenated alkanes) is 3. The number of para-hydroxylation sites is 1. The SMILES string of the molecule is CCCCCCn1c(SCC(=O)N(C)Cc2ccsc2)nc2ccccc2c1=O. The fraction of sp³-hybridized carbons (Fsp3) is 0.409. The number of thiophene rings is 1. The number of carbonyl (C=O) groups is 1. The molecule has 3 rings (SSSR count). The van der Waals surface area contributed by atoms with Gasteiger partial charge in [-0.05, 0) is 40.9 Å². The highest BCUT2D eigenvalue weighted by Gasteiger charge is 2.15.